The summed E-state index contributed by atoms with van der Waals surface area (Å²) in [5, 5.41) is 1.06. The maximum Gasteiger partial charge on any atom is 0.121 e. The predicted molar refractivity (Wildman–Crippen MR) is 62.7 cm³/mol. The molecule has 0 amide bonds. The molecule has 0 unspecified atom stereocenters. The summed E-state index contributed by atoms with van der Waals surface area (Å²) in [5.74, 6) is 0.819. The van der Waals surface area contributed by atoms with E-state index in [9.17, 15) is 0 Å². The molecule has 0 saturated heterocycles. The van der Waals surface area contributed by atoms with Crippen molar-refractivity contribution in [3.05, 3.63) is 42.6 Å². The first-order chi connectivity index (χ1) is 7.88. The molecule has 0 N–H and O–H groups in total. The molecule has 78 valence electrons. The summed E-state index contributed by atoms with van der Waals surface area (Å²) in [6, 6.07) is 11.7. The zero-order valence-electron chi connectivity index (χ0n) is 8.84. The van der Waals surface area contributed by atoms with Crippen LogP contribution in [0.15, 0.2) is 42.6 Å². The van der Waals surface area contributed by atoms with Crippen LogP contribution in [0.5, 0.6) is 5.75 Å². The molecular formula is C13H10N2O. The molecule has 0 radical (unpaired) electrons. The van der Waals surface area contributed by atoms with Crippen LogP contribution in [-0.4, -0.2) is 17.1 Å². The van der Waals surface area contributed by atoms with E-state index in [1.807, 2.05) is 36.4 Å². The van der Waals surface area contributed by atoms with Crippen molar-refractivity contribution >= 4 is 10.9 Å². The van der Waals surface area contributed by atoms with Gasteiger partial charge in [0.2, 0.25) is 0 Å². The van der Waals surface area contributed by atoms with Crippen molar-refractivity contribution < 1.29 is 4.74 Å². The molecule has 3 heteroatoms. The second kappa shape index (κ2) is 3.45. The summed E-state index contributed by atoms with van der Waals surface area (Å²) in [6.45, 7) is 0. The average molecular weight is 210 g/mol. The molecule has 0 spiro atoms. The van der Waals surface area contributed by atoms with Crippen molar-refractivity contribution in [2.75, 3.05) is 7.11 Å². The number of fused-ring (bicyclic) bond motifs is 3. The highest BCUT2D eigenvalue weighted by Crippen LogP contribution is 2.30. The van der Waals surface area contributed by atoms with Gasteiger partial charge in [0.05, 0.1) is 24.0 Å². The summed E-state index contributed by atoms with van der Waals surface area (Å²) in [5.41, 5.74) is 2.77. The van der Waals surface area contributed by atoms with Crippen molar-refractivity contribution in [1.29, 1.82) is 0 Å². The van der Waals surface area contributed by atoms with Gasteiger partial charge in [0.25, 0.3) is 0 Å². The molecule has 1 aromatic carbocycles. The van der Waals surface area contributed by atoms with E-state index in [1.54, 1.807) is 13.3 Å². The van der Waals surface area contributed by atoms with Crippen molar-refractivity contribution in [3.8, 4) is 17.1 Å². The lowest BCUT2D eigenvalue weighted by molar-refractivity contribution is 0.415. The van der Waals surface area contributed by atoms with E-state index in [4.69, 9.17) is 4.74 Å². The Morgan fingerprint density at radius 3 is 2.94 bits per heavy atom. The lowest BCUT2D eigenvalue weighted by Crippen LogP contribution is -1.81. The molecule has 2 heterocycles. The zero-order valence-corrected chi connectivity index (χ0v) is 8.84. The minimum Gasteiger partial charge on any atom is -0.497 e. The number of rotatable bonds is 1. The maximum atomic E-state index is 5.18. The molecule has 2 aliphatic rings. The van der Waals surface area contributed by atoms with E-state index in [0.29, 0.717) is 0 Å². The van der Waals surface area contributed by atoms with Crippen molar-refractivity contribution in [3.63, 3.8) is 0 Å². The quantitative estimate of drug-likeness (QED) is 0.619. The molecule has 0 saturated carbocycles. The molecule has 3 rings (SSSR count). The number of aromatic nitrogens is 2. The van der Waals surface area contributed by atoms with Crippen LogP contribution in [0, 0.1) is 0 Å². The number of ether oxygens (including phenoxy) is 1. The number of benzene rings is 1. The van der Waals surface area contributed by atoms with Crippen LogP contribution in [-0.2, 0) is 0 Å². The normalized spacial score (nSPS) is 10.8. The van der Waals surface area contributed by atoms with Gasteiger partial charge in [-0.15, -0.1) is 0 Å². The van der Waals surface area contributed by atoms with Gasteiger partial charge in [-0.2, -0.15) is 0 Å². The highest BCUT2D eigenvalue weighted by Gasteiger charge is 2.11. The first-order valence-electron chi connectivity index (χ1n) is 5.07. The van der Waals surface area contributed by atoms with Crippen LogP contribution >= 0.6 is 0 Å². The number of hydrogen-bond donors (Lipinski definition) is 0. The van der Waals surface area contributed by atoms with Gasteiger partial charge >= 0.3 is 0 Å². The van der Waals surface area contributed by atoms with Crippen molar-refractivity contribution in [1.82, 2.24) is 9.97 Å². The smallest absolute Gasteiger partial charge is 0.121 e. The van der Waals surface area contributed by atoms with Gasteiger partial charge < -0.3 is 4.74 Å². The van der Waals surface area contributed by atoms with E-state index < -0.39 is 0 Å². The average Bonchev–Trinajstić information content (AvgIpc) is 2.50. The van der Waals surface area contributed by atoms with Gasteiger partial charge in [-0.25, -0.2) is 4.98 Å². The number of methoxy groups -OCH3 is 1. The monoisotopic (exact) mass is 210 g/mol. The standard InChI is InChI=1S/C13H10N2O/c1-16-9-5-6-10-12(8-9)15-11-4-2-3-7-14-13(10)11/h2-8H,1H3. The fourth-order valence-electron chi connectivity index (χ4n) is 1.82. The molecule has 0 aliphatic carbocycles. The summed E-state index contributed by atoms with van der Waals surface area (Å²) in [6.07, 6.45) is 1.79. The van der Waals surface area contributed by atoms with Crippen LogP contribution in [0.3, 0.4) is 0 Å². The minimum atomic E-state index is 0.819. The lowest BCUT2D eigenvalue weighted by Gasteiger charge is -1.97. The van der Waals surface area contributed by atoms with Crippen LogP contribution in [0.1, 0.15) is 0 Å². The Hall–Kier alpha value is -2.16. The first kappa shape index (κ1) is 9.09. The van der Waals surface area contributed by atoms with Gasteiger partial charge in [-0.05, 0) is 24.3 Å². The van der Waals surface area contributed by atoms with Crippen LogP contribution in [0.2, 0.25) is 0 Å². The van der Waals surface area contributed by atoms with Gasteiger partial charge in [-0.3, -0.25) is 4.98 Å². The first-order valence-corrected chi connectivity index (χ1v) is 5.07. The number of nitrogens with zero attached hydrogens (tertiary/aromatic N) is 2. The van der Waals surface area contributed by atoms with Crippen molar-refractivity contribution in [2.45, 2.75) is 0 Å². The van der Waals surface area contributed by atoms with E-state index in [1.165, 1.54) is 0 Å². The maximum absolute atomic E-state index is 5.18. The van der Waals surface area contributed by atoms with Gasteiger partial charge in [0.1, 0.15) is 5.75 Å². The summed E-state index contributed by atoms with van der Waals surface area (Å²) >= 11 is 0. The van der Waals surface area contributed by atoms with E-state index in [-0.39, 0.29) is 0 Å². The molecule has 0 atom stereocenters. The fourth-order valence-corrected chi connectivity index (χ4v) is 1.82. The van der Waals surface area contributed by atoms with Gasteiger partial charge in [0.15, 0.2) is 0 Å². The van der Waals surface area contributed by atoms with E-state index >= 15 is 0 Å². The topological polar surface area (TPSA) is 35.0 Å². The summed E-state index contributed by atoms with van der Waals surface area (Å²) in [7, 11) is 1.65. The SMILES string of the molecule is COc1ccc2c3nccccc-3nc2c1. The Morgan fingerprint density at radius 2 is 2.06 bits per heavy atom. The second-order valence-electron chi connectivity index (χ2n) is 3.56. The third kappa shape index (κ3) is 1.29. The summed E-state index contributed by atoms with van der Waals surface area (Å²) in [4.78, 5) is 8.91. The highest BCUT2D eigenvalue weighted by atomic mass is 16.5. The molecule has 16 heavy (non-hydrogen) atoms. The fraction of sp³-hybridized carbons (Fsp3) is 0.0769. The van der Waals surface area contributed by atoms with E-state index in [0.717, 1.165) is 28.0 Å². The Balaban J connectivity index is 2.38. The van der Waals surface area contributed by atoms with Crippen LogP contribution in [0.25, 0.3) is 22.3 Å². The molecule has 0 aromatic heterocycles. The Bertz CT molecular complexity index is 621. The molecule has 0 bridgehead atoms. The third-order valence-corrected chi connectivity index (χ3v) is 2.60. The molecule has 0 fully saturated rings. The summed E-state index contributed by atoms with van der Waals surface area (Å²) < 4.78 is 5.18. The Morgan fingerprint density at radius 1 is 1.12 bits per heavy atom. The van der Waals surface area contributed by atoms with Gasteiger partial charge in [-0.1, -0.05) is 6.07 Å². The largest absolute Gasteiger partial charge is 0.497 e. The van der Waals surface area contributed by atoms with Crippen LogP contribution < -0.4 is 4.74 Å². The van der Waals surface area contributed by atoms with Gasteiger partial charge in [0, 0.05) is 17.6 Å². The minimum absolute atomic E-state index is 0.819. The third-order valence-electron chi connectivity index (χ3n) is 2.60. The Labute approximate surface area is 93.1 Å². The van der Waals surface area contributed by atoms with Crippen molar-refractivity contribution in [2.24, 2.45) is 0 Å². The van der Waals surface area contributed by atoms with Crippen LogP contribution in [0.4, 0.5) is 0 Å². The molecular weight excluding hydrogens is 200 g/mol. The second-order valence-corrected chi connectivity index (χ2v) is 3.56. The predicted octanol–water partition coefficient (Wildman–Crippen LogP) is 2.74. The Kier molecular flexibility index (Phi) is 1.96. The molecule has 2 aliphatic heterocycles. The highest BCUT2D eigenvalue weighted by molar-refractivity contribution is 5.95. The zero-order chi connectivity index (χ0) is 11.0. The van der Waals surface area contributed by atoms with E-state index in [2.05, 4.69) is 9.97 Å². The molecule has 1 aromatic rings. The molecule has 3 nitrogen and oxygen atoms in total. The lowest BCUT2D eigenvalue weighted by atomic mass is 10.2. The number of hydrogen-bond acceptors (Lipinski definition) is 3.